The van der Waals surface area contributed by atoms with E-state index in [1.54, 1.807) is 0 Å². The van der Waals surface area contributed by atoms with Crippen molar-refractivity contribution in [2.75, 3.05) is 27.2 Å². The van der Waals surface area contributed by atoms with E-state index in [-0.39, 0.29) is 17.0 Å². The zero-order chi connectivity index (χ0) is 23.2. The highest BCUT2D eigenvalue weighted by Gasteiger charge is 2.35. The second kappa shape index (κ2) is 8.09. The molecule has 8 nitrogen and oxygen atoms in total. The number of ether oxygens (including phenoxy) is 1. The maximum absolute atomic E-state index is 12.6. The van der Waals surface area contributed by atoms with Gasteiger partial charge in [0.25, 0.3) is 0 Å². The van der Waals surface area contributed by atoms with Gasteiger partial charge in [0.1, 0.15) is 16.8 Å². The van der Waals surface area contributed by atoms with Gasteiger partial charge in [-0.25, -0.2) is 4.79 Å². The minimum Gasteiger partial charge on any atom is -0.491 e. The summed E-state index contributed by atoms with van der Waals surface area (Å²) in [5.41, 5.74) is 1.34. The number of aromatic nitrogens is 3. The van der Waals surface area contributed by atoms with Crippen molar-refractivity contribution in [2.45, 2.75) is 39.8 Å². The van der Waals surface area contributed by atoms with E-state index in [9.17, 15) is 14.7 Å². The van der Waals surface area contributed by atoms with E-state index < -0.39 is 11.4 Å². The molecule has 1 aliphatic heterocycles. The Hall–Kier alpha value is -3.13. The molecule has 0 radical (unpaired) electrons. The van der Waals surface area contributed by atoms with Crippen molar-refractivity contribution in [3.05, 3.63) is 46.2 Å². The van der Waals surface area contributed by atoms with Crippen LogP contribution in [-0.2, 0) is 6.54 Å². The first-order valence-electron chi connectivity index (χ1n) is 10.8. The van der Waals surface area contributed by atoms with Crippen molar-refractivity contribution in [1.29, 1.82) is 0 Å². The third kappa shape index (κ3) is 3.90. The highest BCUT2D eigenvalue weighted by Crippen LogP contribution is 2.43. The average molecular weight is 439 g/mol. The molecule has 0 spiro atoms. The Balaban J connectivity index is 1.85. The SMILES string of the molecule is CN(C)CCCOc1cccc2c3n(nc12)CC(C(C)(C)C)n1cc(C(=O)O)c(=O)cc1-3. The molecule has 1 N–H and O–H groups in total. The Morgan fingerprint density at radius 1 is 1.31 bits per heavy atom. The molecule has 170 valence electrons. The summed E-state index contributed by atoms with van der Waals surface area (Å²) >= 11 is 0. The number of fused-ring (bicyclic) bond motifs is 5. The van der Waals surface area contributed by atoms with Gasteiger partial charge in [-0.3, -0.25) is 9.48 Å². The molecule has 8 heteroatoms. The highest BCUT2D eigenvalue weighted by molar-refractivity contribution is 5.96. The standard InChI is InChI=1S/C24H30N4O4/c1-24(2,3)20-14-28-22(17-12-18(29)16(23(30)31)13-27(17)20)15-8-6-9-19(21(15)25-28)32-11-7-10-26(4)5/h6,8-9,12-13,20H,7,10-11,14H2,1-5H3,(H,30,31). The fourth-order valence-electron chi connectivity index (χ4n) is 4.31. The second-order valence-electron chi connectivity index (χ2n) is 9.72. The predicted molar refractivity (Wildman–Crippen MR) is 124 cm³/mol. The van der Waals surface area contributed by atoms with Gasteiger partial charge in [-0.1, -0.05) is 32.9 Å². The van der Waals surface area contributed by atoms with Crippen molar-refractivity contribution in [2.24, 2.45) is 5.41 Å². The molecule has 1 atom stereocenters. The first-order valence-corrected chi connectivity index (χ1v) is 10.8. The van der Waals surface area contributed by atoms with Gasteiger partial charge in [0.15, 0.2) is 5.43 Å². The third-order valence-electron chi connectivity index (χ3n) is 5.97. The molecule has 0 amide bonds. The van der Waals surface area contributed by atoms with Gasteiger partial charge in [-0.15, -0.1) is 0 Å². The number of nitrogens with zero attached hydrogens (tertiary/aromatic N) is 4. The lowest BCUT2D eigenvalue weighted by Gasteiger charge is -2.38. The van der Waals surface area contributed by atoms with Gasteiger partial charge < -0.3 is 19.3 Å². The Labute approximate surface area is 187 Å². The highest BCUT2D eigenvalue weighted by atomic mass is 16.5. The molecule has 0 saturated carbocycles. The number of carboxylic acid groups (broad SMARTS) is 1. The summed E-state index contributed by atoms with van der Waals surface area (Å²) in [6.07, 6.45) is 2.39. The number of hydrogen-bond acceptors (Lipinski definition) is 5. The van der Waals surface area contributed by atoms with Gasteiger partial charge in [-0.2, -0.15) is 5.10 Å². The molecular weight excluding hydrogens is 408 g/mol. The van der Waals surface area contributed by atoms with Crippen molar-refractivity contribution in [3.63, 3.8) is 0 Å². The van der Waals surface area contributed by atoms with Crippen LogP contribution < -0.4 is 10.2 Å². The molecule has 3 heterocycles. The molecule has 0 aliphatic carbocycles. The lowest BCUT2D eigenvalue weighted by Crippen LogP contribution is -2.35. The first kappa shape index (κ1) is 22.1. The predicted octanol–water partition coefficient (Wildman–Crippen LogP) is 3.49. The van der Waals surface area contributed by atoms with Crippen LogP contribution in [-0.4, -0.2) is 57.6 Å². The van der Waals surface area contributed by atoms with Gasteiger partial charge in [0.05, 0.1) is 30.6 Å². The van der Waals surface area contributed by atoms with Gasteiger partial charge in [0.2, 0.25) is 0 Å². The van der Waals surface area contributed by atoms with Gasteiger partial charge >= 0.3 is 5.97 Å². The van der Waals surface area contributed by atoms with E-state index in [0.29, 0.717) is 24.6 Å². The molecule has 2 aromatic heterocycles. The summed E-state index contributed by atoms with van der Waals surface area (Å²) in [5.74, 6) is -0.498. The summed E-state index contributed by atoms with van der Waals surface area (Å²) in [7, 11) is 4.07. The van der Waals surface area contributed by atoms with Crippen LogP contribution in [0.5, 0.6) is 5.75 Å². The molecule has 0 bridgehead atoms. The fourth-order valence-corrected chi connectivity index (χ4v) is 4.31. The minimum atomic E-state index is -1.21. The lowest BCUT2D eigenvalue weighted by molar-refractivity contribution is 0.0693. The molecule has 4 rings (SSSR count). The van der Waals surface area contributed by atoms with Crippen LogP contribution in [0.1, 0.15) is 43.6 Å². The minimum absolute atomic E-state index is 0.0672. The Kier molecular flexibility index (Phi) is 5.58. The van der Waals surface area contributed by atoms with E-state index in [0.717, 1.165) is 29.6 Å². The number of aromatic carboxylic acids is 1. The number of carbonyl (C=O) groups is 1. The van der Waals surface area contributed by atoms with Crippen LogP contribution in [0.25, 0.3) is 22.3 Å². The van der Waals surface area contributed by atoms with Crippen LogP contribution >= 0.6 is 0 Å². The summed E-state index contributed by atoms with van der Waals surface area (Å²) in [6, 6.07) is 7.17. The maximum atomic E-state index is 12.6. The second-order valence-corrected chi connectivity index (χ2v) is 9.72. The van der Waals surface area contributed by atoms with E-state index in [1.165, 1.54) is 12.3 Å². The molecule has 32 heavy (non-hydrogen) atoms. The van der Waals surface area contributed by atoms with Gasteiger partial charge in [-0.05, 0) is 32.0 Å². The molecule has 3 aromatic rings. The maximum Gasteiger partial charge on any atom is 0.341 e. The van der Waals surface area contributed by atoms with E-state index in [1.807, 2.05) is 41.5 Å². The average Bonchev–Trinajstić information content (AvgIpc) is 3.08. The molecular formula is C24H30N4O4. The van der Waals surface area contributed by atoms with Crippen LogP contribution in [0.15, 0.2) is 35.3 Å². The Morgan fingerprint density at radius 3 is 2.72 bits per heavy atom. The zero-order valence-corrected chi connectivity index (χ0v) is 19.3. The lowest BCUT2D eigenvalue weighted by atomic mass is 9.85. The quantitative estimate of drug-likeness (QED) is 0.593. The molecule has 1 unspecified atom stereocenters. The Morgan fingerprint density at radius 2 is 2.06 bits per heavy atom. The molecule has 1 aliphatic rings. The normalized spacial score (nSPS) is 15.6. The molecule has 0 fully saturated rings. The number of rotatable bonds is 6. The van der Waals surface area contributed by atoms with Crippen LogP contribution in [0.3, 0.4) is 0 Å². The largest absolute Gasteiger partial charge is 0.491 e. The third-order valence-corrected chi connectivity index (χ3v) is 5.97. The van der Waals surface area contributed by atoms with Gasteiger partial charge in [0, 0.05) is 24.2 Å². The van der Waals surface area contributed by atoms with Crippen molar-refractivity contribution in [1.82, 2.24) is 19.2 Å². The zero-order valence-electron chi connectivity index (χ0n) is 19.3. The van der Waals surface area contributed by atoms with Crippen LogP contribution in [0, 0.1) is 5.41 Å². The van der Waals surface area contributed by atoms with Crippen molar-refractivity contribution < 1.29 is 14.6 Å². The number of pyridine rings is 1. The summed E-state index contributed by atoms with van der Waals surface area (Å²) in [4.78, 5) is 26.4. The number of carboxylic acids is 1. The van der Waals surface area contributed by atoms with E-state index >= 15 is 0 Å². The smallest absolute Gasteiger partial charge is 0.341 e. The topological polar surface area (TPSA) is 89.6 Å². The fraction of sp³-hybridized carbons (Fsp3) is 0.458. The summed E-state index contributed by atoms with van der Waals surface area (Å²) in [5, 5.41) is 15.3. The van der Waals surface area contributed by atoms with E-state index in [2.05, 4.69) is 25.7 Å². The molecule has 0 saturated heterocycles. The van der Waals surface area contributed by atoms with Crippen molar-refractivity contribution >= 4 is 16.9 Å². The molecule has 1 aromatic carbocycles. The number of benzene rings is 1. The summed E-state index contributed by atoms with van der Waals surface area (Å²) < 4.78 is 9.92. The van der Waals surface area contributed by atoms with Crippen molar-refractivity contribution in [3.8, 4) is 17.1 Å². The Bertz CT molecular complexity index is 1230. The van der Waals surface area contributed by atoms with Crippen LogP contribution in [0.2, 0.25) is 0 Å². The monoisotopic (exact) mass is 438 g/mol. The number of hydrogen-bond donors (Lipinski definition) is 1. The first-order chi connectivity index (χ1) is 15.1. The van der Waals surface area contributed by atoms with E-state index in [4.69, 9.17) is 9.84 Å². The summed E-state index contributed by atoms with van der Waals surface area (Å²) in [6.45, 7) is 8.41. The van der Waals surface area contributed by atoms with Crippen LogP contribution in [0.4, 0.5) is 0 Å².